The van der Waals surface area contributed by atoms with Crippen LogP contribution >= 0.6 is 0 Å². The van der Waals surface area contributed by atoms with E-state index in [0.29, 0.717) is 6.11 Å². The Balaban J connectivity index is 4.76. The van der Waals surface area contributed by atoms with Crippen molar-refractivity contribution in [2.45, 2.75) is 0 Å². The van der Waals surface area contributed by atoms with Crippen LogP contribution in [0.2, 0.25) is 0 Å². The summed E-state index contributed by atoms with van der Waals surface area (Å²) >= 11 is 0. The predicted octanol–water partition coefficient (Wildman–Crippen LogP) is 0.166. The van der Waals surface area contributed by atoms with E-state index in [-0.39, 0.29) is 0 Å². The van der Waals surface area contributed by atoms with Crippen molar-refractivity contribution in [2.24, 2.45) is 0 Å². The molecule has 0 rings (SSSR count). The molecule has 0 saturated heterocycles. The van der Waals surface area contributed by atoms with Gasteiger partial charge in [0.15, 0.2) is 0 Å². The highest BCUT2D eigenvalue weighted by Gasteiger charge is 2.31. The second-order valence-corrected chi connectivity index (χ2v) is 1.44. The molecule has 4 nitrogen and oxygen atoms in total. The van der Waals surface area contributed by atoms with E-state index in [4.69, 9.17) is 22.5 Å². The average Bonchev–Trinajstić information content (AvgIpc) is 1.95. The molecular weight excluding hydrogens is 115 g/mol. The largest absolute Gasteiger partial charge is 0.568 e. The van der Waals surface area contributed by atoms with E-state index < -0.39 is 6.28 Å². The third-order valence-electron chi connectivity index (χ3n) is 0.838. The molecule has 0 amide bonds. The zero-order chi connectivity index (χ0) is 7.33. The summed E-state index contributed by atoms with van der Waals surface area (Å²) in [4.78, 5) is 0. The third kappa shape index (κ3) is 1.05. The monoisotopic (exact) mass is 117 g/mol. The lowest BCUT2D eigenvalue weighted by atomic mass is 9.40. The fourth-order valence-corrected chi connectivity index (χ4v) is 0.198. The van der Waals surface area contributed by atoms with E-state index in [2.05, 4.69) is 4.76 Å². The molecule has 1 N–H and O–H groups in total. The molecular formula is C4H2BN4-. The first-order valence-corrected chi connectivity index (χ1v) is 2.13. The summed E-state index contributed by atoms with van der Waals surface area (Å²) in [5.41, 5.74) is 0. The van der Waals surface area contributed by atoms with Crippen LogP contribution in [0.5, 0.6) is 0 Å². The number of nitriles is 2. The lowest BCUT2D eigenvalue weighted by Gasteiger charge is -1.98. The van der Waals surface area contributed by atoms with Crippen LogP contribution in [0, 0.1) is 34.4 Å². The molecule has 0 bridgehead atoms. The van der Waals surface area contributed by atoms with Gasteiger partial charge in [-0.2, -0.15) is 0 Å². The Hall–Kier alpha value is -1.80. The van der Waals surface area contributed by atoms with Gasteiger partial charge >= 0.3 is 6.28 Å². The van der Waals surface area contributed by atoms with Crippen LogP contribution < -0.4 is 0 Å². The normalized spacial score (nSPS) is 8.11. The summed E-state index contributed by atoms with van der Waals surface area (Å²) in [7, 11) is 0. The summed E-state index contributed by atoms with van der Waals surface area (Å²) in [6.07, 6.45) is -1.91. The van der Waals surface area contributed by atoms with E-state index in [0.717, 1.165) is 0 Å². The molecule has 0 fully saturated rings. The van der Waals surface area contributed by atoms with Crippen LogP contribution in [0.25, 0.3) is 4.76 Å². The Morgan fingerprint density at radius 2 is 2.00 bits per heavy atom. The van der Waals surface area contributed by atoms with Gasteiger partial charge in [-0.25, -0.2) is 10.5 Å². The molecule has 0 heterocycles. The molecule has 0 aromatic carbocycles. The number of nitrogens with zero attached hydrogens (tertiary/aromatic N) is 3. The molecule has 5 heteroatoms. The van der Waals surface area contributed by atoms with Gasteiger partial charge in [0.25, 0.3) is 0 Å². The molecule has 0 unspecified atom stereocenters. The van der Waals surface area contributed by atoms with Crippen molar-refractivity contribution in [3.63, 3.8) is 0 Å². The molecule has 9 heavy (non-hydrogen) atoms. The maximum absolute atomic E-state index is 8.17. The van der Waals surface area contributed by atoms with Crippen molar-refractivity contribution in [3.05, 3.63) is 11.3 Å². The summed E-state index contributed by atoms with van der Waals surface area (Å²) in [5.74, 6) is 2.94. The van der Waals surface area contributed by atoms with E-state index in [9.17, 15) is 0 Å². The number of hydrogen-bond acceptors (Lipinski definition) is 3. The topological polar surface area (TPSA) is 75.8 Å². The van der Waals surface area contributed by atoms with Crippen molar-refractivity contribution in [1.29, 1.82) is 15.9 Å². The van der Waals surface area contributed by atoms with Gasteiger partial charge in [-0.3, -0.25) is 0 Å². The van der Waals surface area contributed by atoms with Gasteiger partial charge < -0.3 is 16.7 Å². The highest BCUT2D eigenvalue weighted by Crippen LogP contribution is 1.95. The summed E-state index contributed by atoms with van der Waals surface area (Å²) in [6, 6.07) is 0. The van der Waals surface area contributed by atoms with E-state index in [1.54, 1.807) is 0 Å². The lowest BCUT2D eigenvalue weighted by molar-refractivity contribution is 1.53. The van der Waals surface area contributed by atoms with Gasteiger partial charge in [-0.05, 0) is 18.1 Å². The van der Waals surface area contributed by atoms with Crippen LogP contribution in [0.3, 0.4) is 0 Å². The maximum atomic E-state index is 8.17. The molecule has 0 aromatic heterocycles. The zero-order valence-corrected chi connectivity index (χ0v) is 4.50. The van der Waals surface area contributed by atoms with Crippen LogP contribution in [0.15, 0.2) is 0 Å². The predicted molar refractivity (Wildman–Crippen MR) is 32.4 cm³/mol. The molecule has 0 atom stereocenters. The van der Waals surface area contributed by atoms with Crippen molar-refractivity contribution in [1.82, 2.24) is 0 Å². The molecule has 0 spiro atoms. The Labute approximate surface area is 52.6 Å². The fraction of sp³-hybridized carbons (Fsp3) is 0. The smallest absolute Gasteiger partial charge is 0.542 e. The molecule has 0 radical (unpaired) electrons. The van der Waals surface area contributed by atoms with Crippen LogP contribution in [0.1, 0.15) is 0 Å². The van der Waals surface area contributed by atoms with Crippen LogP contribution in [-0.2, 0) is 0 Å². The zero-order valence-electron chi connectivity index (χ0n) is 4.50. The first-order valence-electron chi connectivity index (χ1n) is 2.13. The second kappa shape index (κ2) is 2.50. The Morgan fingerprint density at radius 3 is 2.00 bits per heavy atom. The molecule has 0 saturated carbocycles. The van der Waals surface area contributed by atoms with E-state index in [1.807, 2.05) is 0 Å². The van der Waals surface area contributed by atoms with Gasteiger partial charge in [0.2, 0.25) is 0 Å². The Bertz CT molecular complexity index is 201. The number of rotatable bonds is 1. The lowest BCUT2D eigenvalue weighted by Crippen LogP contribution is -2.28. The van der Waals surface area contributed by atoms with Crippen molar-refractivity contribution >= 4 is 12.4 Å². The highest BCUT2D eigenvalue weighted by molar-refractivity contribution is 7.14. The van der Waals surface area contributed by atoms with E-state index >= 15 is 0 Å². The van der Waals surface area contributed by atoms with Crippen LogP contribution in [-0.4, -0.2) is 12.4 Å². The number of hydrogen-bond donors (Lipinski definition) is 1. The SMILES string of the molecule is [C-]#[N+][B-](C#N)(C#N)C=N. The first-order chi connectivity index (χ1) is 4.24. The highest BCUT2D eigenvalue weighted by atomic mass is 14.6. The minimum Gasteiger partial charge on any atom is -0.542 e. The fourth-order valence-electron chi connectivity index (χ4n) is 0.198. The number of nitrogens with one attached hydrogen (secondary N) is 1. The van der Waals surface area contributed by atoms with Crippen molar-refractivity contribution < 1.29 is 0 Å². The molecule has 0 aliphatic carbocycles. The summed E-state index contributed by atoms with van der Waals surface area (Å²) < 4.78 is 2.72. The molecule has 0 aliphatic rings. The molecule has 42 valence electrons. The van der Waals surface area contributed by atoms with E-state index in [1.165, 1.54) is 11.9 Å². The van der Waals surface area contributed by atoms with Gasteiger partial charge in [0, 0.05) is 0 Å². The third-order valence-corrected chi connectivity index (χ3v) is 0.838. The summed E-state index contributed by atoms with van der Waals surface area (Å²) in [6.45, 7) is 6.36. The van der Waals surface area contributed by atoms with Gasteiger partial charge in [0.1, 0.15) is 0 Å². The molecule has 0 aliphatic heterocycles. The quantitative estimate of drug-likeness (QED) is 0.301. The van der Waals surface area contributed by atoms with Gasteiger partial charge in [-0.1, -0.05) is 0 Å². The maximum Gasteiger partial charge on any atom is 0.568 e. The van der Waals surface area contributed by atoms with Crippen molar-refractivity contribution in [3.8, 4) is 11.9 Å². The minimum absolute atomic E-state index is 0.590. The van der Waals surface area contributed by atoms with Gasteiger partial charge in [-0.15, -0.1) is 0 Å². The Morgan fingerprint density at radius 1 is 1.56 bits per heavy atom. The standard InChI is InChI=1S/C4H2BN4/c1-9-5(2-6,3-7)4-8/h2,6H/q-1. The Kier molecular flexibility index (Phi) is 2.00. The second-order valence-electron chi connectivity index (χ2n) is 1.44. The van der Waals surface area contributed by atoms with Crippen molar-refractivity contribution in [2.75, 3.05) is 0 Å². The first kappa shape index (κ1) is 7.20. The summed E-state index contributed by atoms with van der Waals surface area (Å²) in [5, 5.41) is 22.9. The average molecular weight is 117 g/mol. The molecule has 0 aromatic rings. The van der Waals surface area contributed by atoms with Gasteiger partial charge in [0.05, 0.1) is 0 Å². The minimum atomic E-state index is -2.50. The van der Waals surface area contributed by atoms with Crippen LogP contribution in [0.4, 0.5) is 0 Å².